The molecule has 4 nitrogen and oxygen atoms in total. The van der Waals surface area contributed by atoms with Crippen molar-refractivity contribution >= 4 is 16.1 Å². The van der Waals surface area contributed by atoms with E-state index in [2.05, 4.69) is 11.6 Å². The largest absolute Gasteiger partial charge is 0.396 e. The smallest absolute Gasteiger partial charge is 0.233 e. The lowest BCUT2D eigenvalue weighted by molar-refractivity contribution is 0.0488. The minimum Gasteiger partial charge on any atom is -0.396 e. The summed E-state index contributed by atoms with van der Waals surface area (Å²) < 4.78 is 27.1. The molecule has 0 bridgehead atoms. The van der Waals surface area contributed by atoms with Crippen LogP contribution in [0.25, 0.3) is 6.08 Å². The fourth-order valence-electron chi connectivity index (χ4n) is 3.11. The van der Waals surface area contributed by atoms with Crippen molar-refractivity contribution in [3.63, 3.8) is 0 Å². The van der Waals surface area contributed by atoms with Crippen LogP contribution >= 0.6 is 0 Å². The summed E-state index contributed by atoms with van der Waals surface area (Å²) in [5.41, 5.74) is 2.02. The van der Waals surface area contributed by atoms with Crippen molar-refractivity contribution in [1.82, 2.24) is 4.72 Å². The van der Waals surface area contributed by atoms with Gasteiger partial charge < -0.3 is 5.11 Å². The van der Waals surface area contributed by atoms with E-state index in [1.807, 2.05) is 31.2 Å². The Hall–Kier alpha value is -1.17. The van der Waals surface area contributed by atoms with Gasteiger partial charge in [0.05, 0.1) is 0 Å². The third kappa shape index (κ3) is 4.90. The Morgan fingerprint density at radius 1 is 1.30 bits per heavy atom. The van der Waals surface area contributed by atoms with E-state index in [1.165, 1.54) is 5.41 Å². The lowest BCUT2D eigenvalue weighted by atomic mass is 9.61. The van der Waals surface area contributed by atoms with Crippen LogP contribution in [0.2, 0.25) is 0 Å². The molecule has 1 atom stereocenters. The molecule has 0 aliphatic heterocycles. The van der Waals surface area contributed by atoms with Crippen molar-refractivity contribution in [3.05, 3.63) is 40.8 Å². The third-order valence-electron chi connectivity index (χ3n) is 5.10. The standard InChI is InChI=1S/C18H27NO3S/c1-15-4-6-17(7-5-15)9-13-23(21,22)19-14-18(10-3-11-18)16(2)8-12-20/h4-7,9,13,16,19-20H,3,8,10-12,14H2,1-2H3/b13-9+. The Kier molecular flexibility index (Phi) is 6.00. The highest BCUT2D eigenvalue weighted by Crippen LogP contribution is 2.47. The Labute approximate surface area is 139 Å². The summed E-state index contributed by atoms with van der Waals surface area (Å²) in [6, 6.07) is 7.72. The summed E-state index contributed by atoms with van der Waals surface area (Å²) in [6.45, 7) is 4.71. The number of rotatable bonds is 8. The van der Waals surface area contributed by atoms with Crippen LogP contribution in [0.5, 0.6) is 0 Å². The van der Waals surface area contributed by atoms with E-state index in [9.17, 15) is 8.42 Å². The second kappa shape index (κ2) is 7.60. The van der Waals surface area contributed by atoms with Gasteiger partial charge in [0.25, 0.3) is 0 Å². The van der Waals surface area contributed by atoms with Gasteiger partial charge in [-0.25, -0.2) is 13.1 Å². The van der Waals surface area contributed by atoms with E-state index < -0.39 is 10.0 Å². The van der Waals surface area contributed by atoms with Crippen LogP contribution in [-0.4, -0.2) is 26.7 Å². The van der Waals surface area contributed by atoms with Crippen LogP contribution in [-0.2, 0) is 10.0 Å². The molecule has 1 aliphatic rings. The van der Waals surface area contributed by atoms with E-state index in [0.717, 1.165) is 36.8 Å². The van der Waals surface area contributed by atoms with Gasteiger partial charge in [0.2, 0.25) is 10.0 Å². The first-order valence-electron chi connectivity index (χ1n) is 8.22. The van der Waals surface area contributed by atoms with Crippen LogP contribution in [0.15, 0.2) is 29.7 Å². The second-order valence-corrected chi connectivity index (χ2v) is 8.36. The van der Waals surface area contributed by atoms with E-state index >= 15 is 0 Å². The highest BCUT2D eigenvalue weighted by molar-refractivity contribution is 7.92. The maximum Gasteiger partial charge on any atom is 0.233 e. The van der Waals surface area contributed by atoms with E-state index in [4.69, 9.17) is 5.11 Å². The van der Waals surface area contributed by atoms with Gasteiger partial charge in [-0.2, -0.15) is 0 Å². The SMILES string of the molecule is Cc1ccc(/C=C/S(=O)(=O)NCC2(C(C)CCO)CCC2)cc1. The van der Waals surface area contributed by atoms with Gasteiger partial charge in [-0.1, -0.05) is 43.2 Å². The minimum atomic E-state index is -3.44. The molecule has 0 radical (unpaired) electrons. The first-order chi connectivity index (χ1) is 10.9. The normalized spacial score (nSPS) is 18.7. The molecule has 2 N–H and O–H groups in total. The zero-order valence-corrected chi connectivity index (χ0v) is 14.8. The van der Waals surface area contributed by atoms with Gasteiger partial charge in [-0.15, -0.1) is 0 Å². The molecule has 0 spiro atoms. The lowest BCUT2D eigenvalue weighted by Crippen LogP contribution is -2.46. The third-order valence-corrected chi connectivity index (χ3v) is 6.14. The molecule has 0 saturated heterocycles. The van der Waals surface area contributed by atoms with Gasteiger partial charge in [-0.3, -0.25) is 0 Å². The number of aryl methyl sites for hydroxylation is 1. The maximum absolute atomic E-state index is 12.2. The molecule has 1 saturated carbocycles. The fourth-order valence-corrected chi connectivity index (χ4v) is 4.03. The number of hydrogen-bond donors (Lipinski definition) is 2. The summed E-state index contributed by atoms with van der Waals surface area (Å²) >= 11 is 0. The molecule has 5 heteroatoms. The summed E-state index contributed by atoms with van der Waals surface area (Å²) in [4.78, 5) is 0. The molecule has 23 heavy (non-hydrogen) atoms. The molecule has 0 amide bonds. The second-order valence-electron chi connectivity index (χ2n) is 6.71. The van der Waals surface area contributed by atoms with Gasteiger partial charge in [0.1, 0.15) is 0 Å². The van der Waals surface area contributed by atoms with Crippen LogP contribution < -0.4 is 4.72 Å². The first kappa shape index (κ1) is 18.2. The molecule has 1 fully saturated rings. The van der Waals surface area contributed by atoms with Crippen molar-refractivity contribution in [2.75, 3.05) is 13.2 Å². The maximum atomic E-state index is 12.2. The molecular weight excluding hydrogens is 310 g/mol. The Morgan fingerprint density at radius 2 is 1.96 bits per heavy atom. The summed E-state index contributed by atoms with van der Waals surface area (Å²) in [7, 11) is -3.44. The molecule has 128 valence electrons. The van der Waals surface area contributed by atoms with Crippen molar-refractivity contribution in [2.45, 2.75) is 39.5 Å². The zero-order valence-electron chi connectivity index (χ0n) is 14.0. The van der Waals surface area contributed by atoms with Crippen LogP contribution in [0, 0.1) is 18.3 Å². The highest BCUT2D eigenvalue weighted by Gasteiger charge is 2.41. The quantitative estimate of drug-likeness (QED) is 0.766. The molecule has 0 aromatic heterocycles. The predicted octanol–water partition coefficient (Wildman–Crippen LogP) is 3.07. The molecule has 1 aromatic rings. The number of nitrogens with one attached hydrogen (secondary N) is 1. The van der Waals surface area contributed by atoms with Crippen LogP contribution in [0.4, 0.5) is 0 Å². The molecule has 1 aromatic carbocycles. The van der Waals surface area contributed by atoms with Crippen molar-refractivity contribution in [3.8, 4) is 0 Å². The fraction of sp³-hybridized carbons (Fsp3) is 0.556. The molecule has 1 aliphatic carbocycles. The number of benzene rings is 1. The average Bonchev–Trinajstić information content (AvgIpc) is 2.46. The van der Waals surface area contributed by atoms with Crippen LogP contribution in [0.3, 0.4) is 0 Å². The Balaban J connectivity index is 1.96. The average molecular weight is 337 g/mol. The molecule has 0 heterocycles. The first-order valence-corrected chi connectivity index (χ1v) is 9.77. The summed E-state index contributed by atoms with van der Waals surface area (Å²) in [5, 5.41) is 10.4. The van der Waals surface area contributed by atoms with Crippen molar-refractivity contribution in [2.24, 2.45) is 11.3 Å². The number of aliphatic hydroxyl groups is 1. The highest BCUT2D eigenvalue weighted by atomic mass is 32.2. The summed E-state index contributed by atoms with van der Waals surface area (Å²) in [6.07, 6.45) is 5.53. The topological polar surface area (TPSA) is 66.4 Å². The number of sulfonamides is 1. The number of aliphatic hydroxyl groups excluding tert-OH is 1. The lowest BCUT2D eigenvalue weighted by Gasteiger charge is -2.46. The molecule has 2 rings (SSSR count). The Morgan fingerprint density at radius 3 is 2.48 bits per heavy atom. The predicted molar refractivity (Wildman–Crippen MR) is 94.3 cm³/mol. The van der Waals surface area contributed by atoms with Crippen molar-refractivity contribution in [1.29, 1.82) is 0 Å². The zero-order chi connectivity index (χ0) is 16.9. The van der Waals surface area contributed by atoms with Gasteiger partial charge in [0.15, 0.2) is 0 Å². The van der Waals surface area contributed by atoms with Crippen LogP contribution in [0.1, 0.15) is 43.7 Å². The van der Waals surface area contributed by atoms with E-state index in [-0.39, 0.29) is 12.0 Å². The minimum absolute atomic E-state index is 0.00744. The van der Waals surface area contributed by atoms with E-state index in [0.29, 0.717) is 12.5 Å². The molecule has 1 unspecified atom stereocenters. The summed E-state index contributed by atoms with van der Waals surface area (Å²) in [5.74, 6) is 0.324. The van der Waals surface area contributed by atoms with Gasteiger partial charge in [-0.05, 0) is 49.2 Å². The van der Waals surface area contributed by atoms with Gasteiger partial charge >= 0.3 is 0 Å². The number of hydrogen-bond acceptors (Lipinski definition) is 3. The molecular formula is C18H27NO3S. The Bertz CT molecular complexity index is 631. The van der Waals surface area contributed by atoms with Crippen molar-refractivity contribution < 1.29 is 13.5 Å². The monoisotopic (exact) mass is 337 g/mol. The van der Waals surface area contributed by atoms with Gasteiger partial charge in [0, 0.05) is 18.6 Å². The van der Waals surface area contributed by atoms with E-state index in [1.54, 1.807) is 6.08 Å².